The molecule has 1 aromatic carbocycles. The molecule has 0 aliphatic heterocycles. The number of sulfonamides is 1. The normalized spacial score (nSPS) is 11.5. The van der Waals surface area contributed by atoms with Gasteiger partial charge in [-0.25, -0.2) is 18.5 Å². The van der Waals surface area contributed by atoms with Crippen LogP contribution < -0.4 is 10.5 Å². The predicted octanol–water partition coefficient (Wildman–Crippen LogP) is 1.50. The van der Waals surface area contributed by atoms with E-state index in [0.29, 0.717) is 18.1 Å². The third-order valence-corrected chi connectivity index (χ3v) is 3.54. The molecule has 2 aromatic rings. The Morgan fingerprint density at radius 1 is 1.37 bits per heavy atom. The molecule has 0 amide bonds. The number of primary sulfonamides is 1. The molecule has 19 heavy (non-hydrogen) atoms. The average Bonchev–Trinajstić information content (AvgIpc) is 2.83. The largest absolute Gasteiger partial charge is 0.444 e. The average molecular weight is 281 g/mol. The first-order valence-electron chi connectivity index (χ1n) is 5.80. The molecule has 0 aliphatic carbocycles. The number of anilines is 1. The minimum absolute atomic E-state index is 0.0530. The first-order valence-corrected chi connectivity index (χ1v) is 7.34. The Bertz CT molecular complexity index is 664. The van der Waals surface area contributed by atoms with Crippen molar-refractivity contribution >= 4 is 15.7 Å². The molecule has 7 heteroatoms. The number of para-hydroxylation sites is 1. The number of hydrogen-bond acceptors (Lipinski definition) is 5. The van der Waals surface area contributed by atoms with Gasteiger partial charge in [0, 0.05) is 6.42 Å². The van der Waals surface area contributed by atoms with Crippen LogP contribution in [-0.2, 0) is 23.0 Å². The van der Waals surface area contributed by atoms with Crippen molar-refractivity contribution < 1.29 is 12.8 Å². The fourth-order valence-corrected chi connectivity index (χ4v) is 2.34. The van der Waals surface area contributed by atoms with E-state index in [9.17, 15) is 8.42 Å². The van der Waals surface area contributed by atoms with E-state index in [1.54, 1.807) is 24.4 Å². The zero-order valence-electron chi connectivity index (χ0n) is 10.5. The molecule has 6 nitrogen and oxygen atoms in total. The summed E-state index contributed by atoms with van der Waals surface area (Å²) in [4.78, 5) is 4.14. The molecule has 0 radical (unpaired) electrons. The number of benzene rings is 1. The van der Waals surface area contributed by atoms with E-state index in [1.165, 1.54) is 6.07 Å². The van der Waals surface area contributed by atoms with Gasteiger partial charge in [-0.05, 0) is 12.1 Å². The molecule has 0 aliphatic rings. The lowest BCUT2D eigenvalue weighted by Gasteiger charge is -2.08. The second-order valence-corrected chi connectivity index (χ2v) is 5.50. The Labute approximate surface area is 111 Å². The highest BCUT2D eigenvalue weighted by molar-refractivity contribution is 7.89. The van der Waals surface area contributed by atoms with Crippen molar-refractivity contribution in [3.63, 3.8) is 0 Å². The van der Waals surface area contributed by atoms with Gasteiger partial charge in [0.1, 0.15) is 10.7 Å². The molecule has 3 N–H and O–H groups in total. The van der Waals surface area contributed by atoms with Crippen molar-refractivity contribution in [2.75, 3.05) is 5.32 Å². The second kappa shape index (κ2) is 5.41. The molecular weight excluding hydrogens is 266 g/mol. The summed E-state index contributed by atoms with van der Waals surface area (Å²) in [6, 6.07) is 6.43. The maximum absolute atomic E-state index is 11.4. The van der Waals surface area contributed by atoms with E-state index in [0.717, 1.165) is 12.2 Å². The molecule has 0 bridgehead atoms. The zero-order chi connectivity index (χ0) is 13.9. The molecule has 1 heterocycles. The van der Waals surface area contributed by atoms with Crippen LogP contribution in [0, 0.1) is 0 Å². The van der Waals surface area contributed by atoms with Crippen molar-refractivity contribution in [1.29, 1.82) is 0 Å². The van der Waals surface area contributed by atoms with E-state index in [1.807, 2.05) is 6.92 Å². The Morgan fingerprint density at radius 3 is 2.74 bits per heavy atom. The van der Waals surface area contributed by atoms with Gasteiger partial charge in [0.15, 0.2) is 0 Å². The Hall–Kier alpha value is -1.86. The monoisotopic (exact) mass is 281 g/mol. The van der Waals surface area contributed by atoms with E-state index in [-0.39, 0.29) is 4.90 Å². The van der Waals surface area contributed by atoms with Crippen LogP contribution in [0.2, 0.25) is 0 Å². The highest BCUT2D eigenvalue weighted by atomic mass is 32.2. The quantitative estimate of drug-likeness (QED) is 0.865. The van der Waals surface area contributed by atoms with Crippen molar-refractivity contribution in [3.8, 4) is 0 Å². The predicted molar refractivity (Wildman–Crippen MR) is 71.0 cm³/mol. The maximum atomic E-state index is 11.4. The number of aryl methyl sites for hydroxylation is 1. The van der Waals surface area contributed by atoms with Crippen LogP contribution in [0.3, 0.4) is 0 Å². The Morgan fingerprint density at radius 2 is 2.11 bits per heavy atom. The standard InChI is InChI=1S/C12H15N3O3S/c1-2-9-7-15-12(18-9)8-14-10-5-3-4-6-11(10)19(13,16)17/h3-7,14H,2,8H2,1H3,(H2,13,16,17). The fourth-order valence-electron chi connectivity index (χ4n) is 1.62. The molecule has 0 atom stereocenters. The van der Waals surface area contributed by atoms with Crippen LogP contribution in [0.25, 0.3) is 0 Å². The second-order valence-electron chi connectivity index (χ2n) is 3.97. The van der Waals surface area contributed by atoms with Gasteiger partial charge in [0.05, 0.1) is 18.4 Å². The van der Waals surface area contributed by atoms with Gasteiger partial charge in [0.2, 0.25) is 15.9 Å². The summed E-state index contributed by atoms with van der Waals surface area (Å²) in [5, 5.41) is 8.10. The minimum Gasteiger partial charge on any atom is -0.444 e. The molecule has 102 valence electrons. The zero-order valence-corrected chi connectivity index (χ0v) is 11.3. The van der Waals surface area contributed by atoms with Crippen LogP contribution in [0.5, 0.6) is 0 Å². The maximum Gasteiger partial charge on any atom is 0.240 e. The lowest BCUT2D eigenvalue weighted by molar-refractivity contribution is 0.465. The minimum atomic E-state index is -3.75. The van der Waals surface area contributed by atoms with Crippen molar-refractivity contribution in [2.24, 2.45) is 5.14 Å². The number of nitrogens with two attached hydrogens (primary N) is 1. The fraction of sp³-hybridized carbons (Fsp3) is 0.250. The van der Waals surface area contributed by atoms with Gasteiger partial charge in [0.25, 0.3) is 0 Å². The summed E-state index contributed by atoms with van der Waals surface area (Å²) in [7, 11) is -3.75. The van der Waals surface area contributed by atoms with Gasteiger partial charge in [-0.3, -0.25) is 0 Å². The van der Waals surface area contributed by atoms with Crippen LogP contribution in [0.15, 0.2) is 39.8 Å². The molecule has 0 saturated carbocycles. The third kappa shape index (κ3) is 3.33. The first-order chi connectivity index (χ1) is 9.00. The number of nitrogens with one attached hydrogen (secondary N) is 1. The lowest BCUT2D eigenvalue weighted by atomic mass is 10.3. The van der Waals surface area contributed by atoms with Gasteiger partial charge < -0.3 is 9.73 Å². The molecule has 0 unspecified atom stereocenters. The molecule has 0 spiro atoms. The molecule has 2 rings (SSSR count). The molecule has 0 fully saturated rings. The Balaban J connectivity index is 2.16. The summed E-state index contributed by atoms with van der Waals surface area (Å²) >= 11 is 0. The summed E-state index contributed by atoms with van der Waals surface area (Å²) in [6.45, 7) is 2.26. The lowest BCUT2D eigenvalue weighted by Crippen LogP contribution is -2.15. The van der Waals surface area contributed by atoms with Gasteiger partial charge >= 0.3 is 0 Å². The smallest absolute Gasteiger partial charge is 0.240 e. The summed E-state index contributed by atoms with van der Waals surface area (Å²) in [6.07, 6.45) is 2.42. The number of aromatic nitrogens is 1. The number of rotatable bonds is 5. The number of nitrogens with zero attached hydrogens (tertiary/aromatic N) is 1. The van der Waals surface area contributed by atoms with E-state index in [2.05, 4.69) is 10.3 Å². The van der Waals surface area contributed by atoms with Gasteiger partial charge in [-0.2, -0.15) is 0 Å². The highest BCUT2D eigenvalue weighted by Gasteiger charge is 2.13. The van der Waals surface area contributed by atoms with Crippen LogP contribution in [0.4, 0.5) is 5.69 Å². The van der Waals surface area contributed by atoms with Gasteiger partial charge in [-0.15, -0.1) is 0 Å². The van der Waals surface area contributed by atoms with Crippen LogP contribution in [0.1, 0.15) is 18.6 Å². The topological polar surface area (TPSA) is 98.2 Å². The van der Waals surface area contributed by atoms with Crippen LogP contribution >= 0.6 is 0 Å². The Kier molecular flexibility index (Phi) is 3.87. The summed E-state index contributed by atoms with van der Waals surface area (Å²) in [5.74, 6) is 1.29. The molecule has 0 saturated heterocycles. The number of oxazole rings is 1. The summed E-state index contributed by atoms with van der Waals surface area (Å²) < 4.78 is 28.3. The van der Waals surface area contributed by atoms with E-state index < -0.39 is 10.0 Å². The molecule has 1 aromatic heterocycles. The van der Waals surface area contributed by atoms with Crippen LogP contribution in [-0.4, -0.2) is 13.4 Å². The van der Waals surface area contributed by atoms with Crippen molar-refractivity contribution in [3.05, 3.63) is 42.1 Å². The van der Waals surface area contributed by atoms with Gasteiger partial charge in [-0.1, -0.05) is 19.1 Å². The van der Waals surface area contributed by atoms with Crippen molar-refractivity contribution in [2.45, 2.75) is 24.8 Å². The van der Waals surface area contributed by atoms with E-state index in [4.69, 9.17) is 9.56 Å². The third-order valence-electron chi connectivity index (χ3n) is 2.57. The SMILES string of the molecule is CCc1cnc(CNc2ccccc2S(N)(=O)=O)o1. The highest BCUT2D eigenvalue weighted by Crippen LogP contribution is 2.20. The van der Waals surface area contributed by atoms with E-state index >= 15 is 0 Å². The van der Waals surface area contributed by atoms with Crippen molar-refractivity contribution in [1.82, 2.24) is 4.98 Å². The summed E-state index contributed by atoms with van der Waals surface area (Å²) in [5.41, 5.74) is 0.432. The number of hydrogen-bond donors (Lipinski definition) is 2. The molecular formula is C12H15N3O3S. The first kappa shape index (κ1) is 13.6.